The van der Waals surface area contributed by atoms with Crippen molar-refractivity contribution in [1.29, 1.82) is 0 Å². The first-order chi connectivity index (χ1) is 12.8. The van der Waals surface area contributed by atoms with Crippen LogP contribution in [0.15, 0.2) is 5.38 Å². The SMILES string of the molecule is COC(=O)CC[C@H](NCc1c(O[Si](C)(C)C(C)(C)C)csc1C(=O)O)C(N)=O. The van der Waals surface area contributed by atoms with E-state index < -0.39 is 32.2 Å². The van der Waals surface area contributed by atoms with Crippen LogP contribution in [-0.4, -0.2) is 44.4 Å². The van der Waals surface area contributed by atoms with Crippen molar-refractivity contribution in [3.8, 4) is 5.75 Å². The van der Waals surface area contributed by atoms with Crippen molar-refractivity contribution in [1.82, 2.24) is 5.32 Å². The molecule has 0 spiro atoms. The third-order valence-corrected chi connectivity index (χ3v) is 10.3. The van der Waals surface area contributed by atoms with Crippen LogP contribution >= 0.6 is 11.3 Å². The summed E-state index contributed by atoms with van der Waals surface area (Å²) in [7, 11) is -0.911. The summed E-state index contributed by atoms with van der Waals surface area (Å²) in [5.74, 6) is -1.62. The van der Waals surface area contributed by atoms with E-state index in [1.807, 2.05) is 0 Å². The lowest BCUT2D eigenvalue weighted by Crippen LogP contribution is -2.44. The van der Waals surface area contributed by atoms with Crippen LogP contribution in [-0.2, 0) is 20.9 Å². The lowest BCUT2D eigenvalue weighted by molar-refractivity contribution is -0.140. The highest BCUT2D eigenvalue weighted by Gasteiger charge is 2.40. The van der Waals surface area contributed by atoms with Crippen molar-refractivity contribution in [3.05, 3.63) is 15.8 Å². The zero-order valence-electron chi connectivity index (χ0n) is 17.3. The van der Waals surface area contributed by atoms with Crippen LogP contribution in [0.1, 0.15) is 48.8 Å². The first kappa shape index (κ1) is 24.1. The van der Waals surface area contributed by atoms with Gasteiger partial charge in [-0.1, -0.05) is 20.8 Å². The fourth-order valence-electron chi connectivity index (χ4n) is 2.16. The van der Waals surface area contributed by atoms with Gasteiger partial charge < -0.3 is 25.3 Å². The molecule has 0 unspecified atom stereocenters. The van der Waals surface area contributed by atoms with E-state index in [1.54, 1.807) is 5.38 Å². The number of rotatable bonds is 10. The summed E-state index contributed by atoms with van der Waals surface area (Å²) in [6.07, 6.45) is 0.187. The molecule has 1 heterocycles. The normalized spacial score (nSPS) is 13.1. The largest absolute Gasteiger partial charge is 0.543 e. The molecule has 0 bridgehead atoms. The van der Waals surface area contributed by atoms with Gasteiger partial charge in [-0.25, -0.2) is 4.79 Å². The number of carbonyl (C=O) groups excluding carboxylic acids is 2. The second-order valence-electron chi connectivity index (χ2n) is 8.03. The van der Waals surface area contributed by atoms with Crippen LogP contribution < -0.4 is 15.5 Å². The zero-order valence-corrected chi connectivity index (χ0v) is 19.1. The second kappa shape index (κ2) is 9.53. The molecule has 1 aromatic heterocycles. The summed E-state index contributed by atoms with van der Waals surface area (Å²) in [5, 5.41) is 14.1. The summed E-state index contributed by atoms with van der Waals surface area (Å²) >= 11 is 1.08. The molecule has 1 atom stereocenters. The van der Waals surface area contributed by atoms with E-state index in [2.05, 4.69) is 43.9 Å². The van der Waals surface area contributed by atoms with Gasteiger partial charge in [-0.2, -0.15) is 0 Å². The number of carboxylic acid groups (broad SMARTS) is 1. The van der Waals surface area contributed by atoms with Crippen LogP contribution in [0.2, 0.25) is 18.1 Å². The zero-order chi connectivity index (χ0) is 21.7. The van der Waals surface area contributed by atoms with Crippen LogP contribution in [0.3, 0.4) is 0 Å². The number of aromatic carboxylic acids is 1. The van der Waals surface area contributed by atoms with Gasteiger partial charge in [0.2, 0.25) is 5.91 Å². The number of ether oxygens (including phenoxy) is 1. The summed E-state index contributed by atoms with van der Waals surface area (Å²) < 4.78 is 10.9. The van der Waals surface area contributed by atoms with Gasteiger partial charge >= 0.3 is 11.9 Å². The third-order valence-electron chi connectivity index (χ3n) is 4.95. The lowest BCUT2D eigenvalue weighted by Gasteiger charge is -2.36. The molecule has 28 heavy (non-hydrogen) atoms. The molecule has 1 rings (SSSR count). The van der Waals surface area contributed by atoms with E-state index in [-0.39, 0.29) is 29.3 Å². The average molecular weight is 431 g/mol. The molecule has 0 aromatic carbocycles. The highest BCUT2D eigenvalue weighted by Crippen LogP contribution is 2.40. The molecule has 0 radical (unpaired) electrons. The van der Waals surface area contributed by atoms with E-state index in [9.17, 15) is 19.5 Å². The Morgan fingerprint density at radius 2 is 1.93 bits per heavy atom. The predicted molar refractivity (Wildman–Crippen MR) is 110 cm³/mol. The number of carbonyl (C=O) groups is 3. The second-order valence-corrected chi connectivity index (χ2v) is 13.6. The van der Waals surface area contributed by atoms with Crippen molar-refractivity contribution in [2.75, 3.05) is 7.11 Å². The molecule has 1 amide bonds. The first-order valence-electron chi connectivity index (χ1n) is 8.92. The number of hydrogen-bond donors (Lipinski definition) is 3. The molecule has 1 aromatic rings. The predicted octanol–water partition coefficient (Wildman–Crippen LogP) is 2.73. The highest BCUT2D eigenvalue weighted by atomic mass is 32.1. The maximum Gasteiger partial charge on any atom is 0.346 e. The smallest absolute Gasteiger partial charge is 0.346 e. The number of nitrogens with two attached hydrogens (primary N) is 1. The fourth-order valence-corrected chi connectivity index (χ4v) is 4.12. The topological polar surface area (TPSA) is 128 Å². The van der Waals surface area contributed by atoms with Gasteiger partial charge in [-0.3, -0.25) is 9.59 Å². The van der Waals surface area contributed by atoms with Gasteiger partial charge in [0.1, 0.15) is 10.6 Å². The number of thiophene rings is 1. The Morgan fingerprint density at radius 3 is 2.39 bits per heavy atom. The Bertz CT molecular complexity index is 726. The monoisotopic (exact) mass is 430 g/mol. The molecule has 8 nitrogen and oxygen atoms in total. The van der Waals surface area contributed by atoms with Crippen LogP contribution in [0.4, 0.5) is 0 Å². The number of methoxy groups -OCH3 is 1. The summed E-state index contributed by atoms with van der Waals surface area (Å²) in [5.41, 5.74) is 5.89. The van der Waals surface area contributed by atoms with E-state index >= 15 is 0 Å². The number of carboxylic acids is 1. The van der Waals surface area contributed by atoms with Gasteiger partial charge in [0.15, 0.2) is 0 Å². The van der Waals surface area contributed by atoms with E-state index in [4.69, 9.17) is 10.2 Å². The number of hydrogen-bond acceptors (Lipinski definition) is 7. The Kier molecular flexibility index (Phi) is 8.21. The Morgan fingerprint density at radius 1 is 1.32 bits per heavy atom. The van der Waals surface area contributed by atoms with E-state index in [1.165, 1.54) is 7.11 Å². The molecular formula is C18H30N2O6SSi. The van der Waals surface area contributed by atoms with Crippen molar-refractivity contribution in [3.63, 3.8) is 0 Å². The molecule has 0 aliphatic carbocycles. The Hall–Kier alpha value is -1.91. The minimum Gasteiger partial charge on any atom is -0.543 e. The van der Waals surface area contributed by atoms with Gasteiger partial charge in [-0.05, 0) is 24.6 Å². The van der Waals surface area contributed by atoms with E-state index in [0.717, 1.165) is 11.3 Å². The molecule has 0 aliphatic rings. The van der Waals surface area contributed by atoms with Crippen LogP contribution in [0.25, 0.3) is 0 Å². The third kappa shape index (κ3) is 6.32. The van der Waals surface area contributed by atoms with Gasteiger partial charge in [0.05, 0.1) is 13.2 Å². The van der Waals surface area contributed by atoms with E-state index in [0.29, 0.717) is 11.3 Å². The molecular weight excluding hydrogens is 400 g/mol. The summed E-state index contributed by atoms with van der Waals surface area (Å²) in [4.78, 5) is 34.8. The minimum atomic E-state index is -2.18. The lowest BCUT2D eigenvalue weighted by atomic mass is 10.1. The quantitative estimate of drug-likeness (QED) is 0.384. The maximum atomic E-state index is 11.7. The first-order valence-corrected chi connectivity index (χ1v) is 12.7. The van der Waals surface area contributed by atoms with Crippen LogP contribution in [0.5, 0.6) is 5.75 Å². The molecule has 10 heteroatoms. The number of nitrogens with one attached hydrogen (secondary N) is 1. The van der Waals surface area contributed by atoms with Gasteiger partial charge in [0.25, 0.3) is 8.32 Å². The Labute approximate surface area is 170 Å². The Balaban J connectivity index is 3.04. The van der Waals surface area contributed by atoms with Crippen molar-refractivity contribution >= 4 is 37.5 Å². The summed E-state index contributed by atoms with van der Waals surface area (Å²) in [6.45, 7) is 10.5. The molecule has 4 N–H and O–H groups in total. The highest BCUT2D eigenvalue weighted by molar-refractivity contribution is 7.12. The van der Waals surface area contributed by atoms with Gasteiger partial charge in [-0.15, -0.1) is 11.3 Å². The standard InChI is InChI=1S/C18H30N2O6SSi/c1-18(2,3)28(5,6)26-13-10-27-15(17(23)24)11(13)9-20-12(16(19)22)7-8-14(21)25-4/h10,12,20H,7-9H2,1-6H3,(H2,19,22)(H,23,24)/t12-/m0/s1. The molecule has 0 saturated carbocycles. The van der Waals surface area contributed by atoms with Crippen molar-refractivity contribution in [2.45, 2.75) is 64.3 Å². The number of esters is 1. The summed E-state index contributed by atoms with van der Waals surface area (Å²) in [6, 6.07) is -0.790. The van der Waals surface area contributed by atoms with Crippen molar-refractivity contribution in [2.24, 2.45) is 5.73 Å². The fraction of sp³-hybridized carbons (Fsp3) is 0.611. The average Bonchev–Trinajstić information content (AvgIpc) is 2.95. The van der Waals surface area contributed by atoms with Crippen molar-refractivity contribution < 1.29 is 28.7 Å². The van der Waals surface area contributed by atoms with Crippen LogP contribution in [0, 0.1) is 0 Å². The number of amides is 1. The molecule has 0 fully saturated rings. The minimum absolute atomic E-state index is 0.0276. The molecule has 158 valence electrons. The molecule has 0 aliphatic heterocycles. The number of primary amides is 1. The maximum absolute atomic E-state index is 11.7. The van der Waals surface area contributed by atoms with Gasteiger partial charge in [0, 0.05) is 23.9 Å². The molecule has 0 saturated heterocycles.